The quantitative estimate of drug-likeness (QED) is 0.583. The molecule has 2 aliphatic rings. The van der Waals surface area contributed by atoms with Crippen molar-refractivity contribution in [3.05, 3.63) is 0 Å². The van der Waals surface area contributed by atoms with Crippen LogP contribution in [0.3, 0.4) is 0 Å². The third-order valence-electron chi connectivity index (χ3n) is 2.98. The van der Waals surface area contributed by atoms with Gasteiger partial charge in [0.1, 0.15) is 5.25 Å². The fourth-order valence-electron chi connectivity index (χ4n) is 2.23. The van der Waals surface area contributed by atoms with Crippen LogP contribution >= 0.6 is 11.8 Å². The van der Waals surface area contributed by atoms with Crippen LogP contribution in [0.2, 0.25) is 0 Å². The highest BCUT2D eigenvalue weighted by Gasteiger charge is 2.50. The lowest BCUT2D eigenvalue weighted by molar-refractivity contribution is -0.138. The lowest BCUT2D eigenvalue weighted by Gasteiger charge is -2.32. The molecule has 0 aromatic rings. The lowest BCUT2D eigenvalue weighted by Crippen LogP contribution is -2.58. The molecule has 0 radical (unpaired) electrons. The number of nitrogens with one attached hydrogen (secondary N) is 2. The summed E-state index contributed by atoms with van der Waals surface area (Å²) in [5.74, 6) is -1.22. The molecule has 5 unspecified atom stereocenters. The molecule has 0 aromatic carbocycles. The van der Waals surface area contributed by atoms with Crippen LogP contribution in [0.1, 0.15) is 13.8 Å². The Balaban J connectivity index is 2.19. The van der Waals surface area contributed by atoms with Gasteiger partial charge in [-0.1, -0.05) is 6.92 Å². The molecule has 2 fully saturated rings. The molecular weight excluding hydrogens is 216 g/mol. The summed E-state index contributed by atoms with van der Waals surface area (Å²) in [7, 11) is 0. The maximum Gasteiger partial charge on any atom is 0.316 e. The molecule has 5 nitrogen and oxygen atoms in total. The second kappa shape index (κ2) is 3.68. The van der Waals surface area contributed by atoms with Crippen molar-refractivity contribution < 1.29 is 14.7 Å². The molecule has 0 aliphatic carbocycles. The Morgan fingerprint density at radius 3 is 2.73 bits per heavy atom. The summed E-state index contributed by atoms with van der Waals surface area (Å²) in [6.45, 7) is 3.68. The van der Waals surface area contributed by atoms with E-state index in [0.717, 1.165) is 0 Å². The van der Waals surface area contributed by atoms with E-state index in [1.165, 1.54) is 11.8 Å². The maximum absolute atomic E-state index is 11.7. The summed E-state index contributed by atoms with van der Waals surface area (Å²) in [5, 5.41) is 14.4. The average Bonchev–Trinajstić information content (AvgIpc) is 2.42. The third kappa shape index (κ3) is 1.72. The number of carbonyl (C=O) groups is 2. The van der Waals surface area contributed by atoms with Gasteiger partial charge < -0.3 is 10.4 Å². The molecule has 0 aromatic heterocycles. The summed E-state index contributed by atoms with van der Waals surface area (Å²) in [6, 6.07) is 0. The second-order valence-electron chi connectivity index (χ2n) is 4.10. The van der Waals surface area contributed by atoms with E-state index < -0.39 is 11.2 Å². The molecule has 2 rings (SSSR count). The fraction of sp³-hybridized carbons (Fsp3) is 0.778. The van der Waals surface area contributed by atoms with Gasteiger partial charge >= 0.3 is 5.97 Å². The first-order valence-corrected chi connectivity index (χ1v) is 5.89. The number of carboxylic acids is 1. The number of carboxylic acid groups (broad SMARTS) is 1. The standard InChI is InChI=1S/C9H14N2O3S/c1-3-5-7(12)10-4(2)11-8(5)15-6(3)9(13)14/h3-6,8,11H,1-2H3,(H,10,12)(H,13,14). The molecule has 0 bridgehead atoms. The number of fused-ring (bicyclic) bond motifs is 1. The monoisotopic (exact) mass is 230 g/mol. The minimum atomic E-state index is -0.829. The number of hydrogen-bond donors (Lipinski definition) is 3. The molecule has 2 saturated heterocycles. The molecule has 1 amide bonds. The first-order valence-electron chi connectivity index (χ1n) is 4.95. The molecule has 6 heteroatoms. The highest BCUT2D eigenvalue weighted by atomic mass is 32.2. The van der Waals surface area contributed by atoms with Crippen LogP contribution in [0, 0.1) is 11.8 Å². The molecule has 5 atom stereocenters. The Hall–Kier alpha value is -0.750. The minimum absolute atomic E-state index is 0.0324. The van der Waals surface area contributed by atoms with Crippen molar-refractivity contribution in [2.75, 3.05) is 0 Å². The number of thioether (sulfide) groups is 1. The van der Waals surface area contributed by atoms with Gasteiger partial charge in [0.15, 0.2) is 0 Å². The van der Waals surface area contributed by atoms with E-state index in [1.54, 1.807) is 0 Å². The number of hydrogen-bond acceptors (Lipinski definition) is 4. The normalized spacial score (nSPS) is 44.7. The van der Waals surface area contributed by atoms with Gasteiger partial charge in [0.05, 0.1) is 17.5 Å². The van der Waals surface area contributed by atoms with Crippen LogP contribution in [0.4, 0.5) is 0 Å². The number of carbonyl (C=O) groups excluding carboxylic acids is 1. The van der Waals surface area contributed by atoms with Gasteiger partial charge in [-0.3, -0.25) is 14.9 Å². The van der Waals surface area contributed by atoms with Crippen molar-refractivity contribution in [3.63, 3.8) is 0 Å². The van der Waals surface area contributed by atoms with E-state index in [2.05, 4.69) is 10.6 Å². The summed E-state index contributed by atoms with van der Waals surface area (Å²) < 4.78 is 0. The number of aliphatic carboxylic acids is 1. The molecule has 84 valence electrons. The predicted octanol–water partition coefficient (Wildman–Crippen LogP) is -0.170. The summed E-state index contributed by atoms with van der Waals surface area (Å²) in [5.41, 5.74) is 0. The third-order valence-corrected chi connectivity index (χ3v) is 4.63. The predicted molar refractivity (Wildman–Crippen MR) is 56.2 cm³/mol. The Bertz CT molecular complexity index is 310. The minimum Gasteiger partial charge on any atom is -0.480 e. The molecule has 0 saturated carbocycles. The van der Waals surface area contributed by atoms with E-state index in [1.807, 2.05) is 13.8 Å². The average molecular weight is 230 g/mol. The molecular formula is C9H14N2O3S. The summed E-state index contributed by atoms with van der Waals surface area (Å²) in [4.78, 5) is 22.7. The van der Waals surface area contributed by atoms with E-state index in [-0.39, 0.29) is 29.3 Å². The highest BCUT2D eigenvalue weighted by Crippen LogP contribution is 2.43. The molecule has 15 heavy (non-hydrogen) atoms. The van der Waals surface area contributed by atoms with Crippen molar-refractivity contribution in [3.8, 4) is 0 Å². The van der Waals surface area contributed by atoms with E-state index in [9.17, 15) is 9.59 Å². The van der Waals surface area contributed by atoms with Crippen molar-refractivity contribution in [2.45, 2.75) is 30.6 Å². The largest absolute Gasteiger partial charge is 0.480 e. The van der Waals surface area contributed by atoms with Crippen LogP contribution in [0.5, 0.6) is 0 Å². The van der Waals surface area contributed by atoms with Gasteiger partial charge in [0, 0.05) is 0 Å². The van der Waals surface area contributed by atoms with Crippen molar-refractivity contribution in [1.29, 1.82) is 0 Å². The van der Waals surface area contributed by atoms with Gasteiger partial charge in [-0.2, -0.15) is 0 Å². The van der Waals surface area contributed by atoms with Crippen LogP contribution in [-0.4, -0.2) is 33.8 Å². The molecule has 2 heterocycles. The van der Waals surface area contributed by atoms with E-state index in [4.69, 9.17) is 5.11 Å². The summed E-state index contributed by atoms with van der Waals surface area (Å²) in [6.07, 6.45) is -0.0778. The molecule has 3 N–H and O–H groups in total. The Morgan fingerprint density at radius 1 is 1.47 bits per heavy atom. The smallest absolute Gasteiger partial charge is 0.316 e. The Kier molecular flexibility index (Phi) is 2.64. The van der Waals surface area contributed by atoms with Crippen molar-refractivity contribution in [1.82, 2.24) is 10.6 Å². The topological polar surface area (TPSA) is 78.4 Å². The zero-order valence-electron chi connectivity index (χ0n) is 8.56. The Morgan fingerprint density at radius 2 is 2.13 bits per heavy atom. The van der Waals surface area contributed by atoms with Gasteiger partial charge in [-0.05, 0) is 12.8 Å². The number of amides is 1. The summed E-state index contributed by atoms with van der Waals surface area (Å²) >= 11 is 1.35. The SMILES string of the molecule is CC1NC(=O)C2C(N1)SC(C(=O)O)C2C. The van der Waals surface area contributed by atoms with Crippen LogP contribution in [-0.2, 0) is 9.59 Å². The number of rotatable bonds is 1. The van der Waals surface area contributed by atoms with Crippen LogP contribution in [0.25, 0.3) is 0 Å². The van der Waals surface area contributed by atoms with Crippen LogP contribution in [0.15, 0.2) is 0 Å². The maximum atomic E-state index is 11.7. The first kappa shape index (κ1) is 10.8. The second-order valence-corrected chi connectivity index (χ2v) is 5.39. The van der Waals surface area contributed by atoms with Gasteiger partial charge in [-0.25, -0.2) is 0 Å². The van der Waals surface area contributed by atoms with Crippen molar-refractivity contribution in [2.24, 2.45) is 11.8 Å². The highest BCUT2D eigenvalue weighted by molar-refractivity contribution is 8.01. The molecule has 2 aliphatic heterocycles. The zero-order chi connectivity index (χ0) is 11.2. The van der Waals surface area contributed by atoms with Crippen LogP contribution < -0.4 is 10.6 Å². The van der Waals surface area contributed by atoms with Crippen molar-refractivity contribution >= 4 is 23.6 Å². The fourth-order valence-corrected chi connectivity index (χ4v) is 3.90. The van der Waals surface area contributed by atoms with E-state index >= 15 is 0 Å². The molecule has 0 spiro atoms. The van der Waals surface area contributed by atoms with Gasteiger partial charge in [0.25, 0.3) is 0 Å². The Labute approximate surface area is 92.0 Å². The first-order chi connectivity index (χ1) is 7.00. The van der Waals surface area contributed by atoms with E-state index in [0.29, 0.717) is 0 Å². The lowest BCUT2D eigenvalue weighted by atomic mass is 9.89. The van der Waals surface area contributed by atoms with Gasteiger partial charge in [-0.15, -0.1) is 11.8 Å². The zero-order valence-corrected chi connectivity index (χ0v) is 9.38. The van der Waals surface area contributed by atoms with Gasteiger partial charge in [0.2, 0.25) is 5.91 Å².